The number of nitrogens with zero attached hydrogens (tertiary/aromatic N) is 1. The maximum atomic E-state index is 13.2. The summed E-state index contributed by atoms with van der Waals surface area (Å²) in [6, 6.07) is 16.3. The SMILES string of the molecule is O=C(N[C@@H](Cc1ccccc1)C(=O)Nc1ccc(S(=O)(=O)NC2CCC2)cc1)c1ccc(F)cn1. The Kier molecular flexibility index (Phi) is 7.52. The fourth-order valence-corrected chi connectivity index (χ4v) is 4.87. The van der Waals surface area contributed by atoms with E-state index in [1.54, 1.807) is 0 Å². The fourth-order valence-electron chi connectivity index (χ4n) is 3.56. The third kappa shape index (κ3) is 6.49. The Hall–Kier alpha value is -3.63. The molecule has 1 aliphatic rings. The van der Waals surface area contributed by atoms with Gasteiger partial charge in [-0.05, 0) is 54.8 Å². The molecule has 0 bridgehead atoms. The van der Waals surface area contributed by atoms with E-state index in [1.807, 2.05) is 30.3 Å². The minimum atomic E-state index is -3.63. The van der Waals surface area contributed by atoms with Gasteiger partial charge in [0.2, 0.25) is 15.9 Å². The largest absolute Gasteiger partial charge is 0.339 e. The van der Waals surface area contributed by atoms with Gasteiger partial charge in [-0.25, -0.2) is 22.5 Å². The molecule has 2 aromatic carbocycles. The van der Waals surface area contributed by atoms with E-state index in [9.17, 15) is 22.4 Å². The van der Waals surface area contributed by atoms with Crippen LogP contribution < -0.4 is 15.4 Å². The Morgan fingerprint density at radius 3 is 2.31 bits per heavy atom. The number of pyridine rings is 1. The Morgan fingerprint density at radius 1 is 1.00 bits per heavy atom. The lowest BCUT2D eigenvalue weighted by Gasteiger charge is -2.26. The first kappa shape index (κ1) is 24.5. The number of benzene rings is 2. The minimum Gasteiger partial charge on any atom is -0.339 e. The summed E-state index contributed by atoms with van der Waals surface area (Å²) in [6.45, 7) is 0. The van der Waals surface area contributed by atoms with Crippen LogP contribution in [0.1, 0.15) is 35.3 Å². The quantitative estimate of drug-likeness (QED) is 0.421. The first-order chi connectivity index (χ1) is 16.8. The van der Waals surface area contributed by atoms with Gasteiger partial charge in [-0.3, -0.25) is 9.59 Å². The Morgan fingerprint density at radius 2 is 1.71 bits per heavy atom. The summed E-state index contributed by atoms with van der Waals surface area (Å²) in [6.07, 6.45) is 3.80. The maximum Gasteiger partial charge on any atom is 0.270 e. The van der Waals surface area contributed by atoms with Gasteiger partial charge in [0.1, 0.15) is 17.6 Å². The second-order valence-electron chi connectivity index (χ2n) is 8.34. The molecule has 2 amide bonds. The first-order valence-electron chi connectivity index (χ1n) is 11.2. The van der Waals surface area contributed by atoms with Crippen LogP contribution in [-0.2, 0) is 21.2 Å². The molecule has 3 N–H and O–H groups in total. The second kappa shape index (κ2) is 10.7. The van der Waals surface area contributed by atoms with Crippen LogP contribution in [0.2, 0.25) is 0 Å². The number of halogens is 1. The van der Waals surface area contributed by atoms with Gasteiger partial charge >= 0.3 is 0 Å². The highest BCUT2D eigenvalue weighted by atomic mass is 32.2. The van der Waals surface area contributed by atoms with Gasteiger partial charge in [-0.1, -0.05) is 36.8 Å². The van der Waals surface area contributed by atoms with E-state index in [1.165, 1.54) is 30.3 Å². The van der Waals surface area contributed by atoms with E-state index in [2.05, 4.69) is 20.3 Å². The van der Waals surface area contributed by atoms with E-state index >= 15 is 0 Å². The molecule has 0 unspecified atom stereocenters. The van der Waals surface area contributed by atoms with Crippen molar-refractivity contribution >= 4 is 27.5 Å². The van der Waals surface area contributed by atoms with Crippen molar-refractivity contribution in [1.29, 1.82) is 0 Å². The van der Waals surface area contributed by atoms with E-state index in [-0.39, 0.29) is 23.1 Å². The number of amides is 2. The predicted octanol–water partition coefficient (Wildman–Crippen LogP) is 3.03. The van der Waals surface area contributed by atoms with Gasteiger partial charge in [0.15, 0.2) is 0 Å². The molecule has 0 spiro atoms. The highest BCUT2D eigenvalue weighted by Crippen LogP contribution is 2.22. The summed E-state index contributed by atoms with van der Waals surface area (Å²) in [4.78, 5) is 29.6. The van der Waals surface area contributed by atoms with E-state index in [0.717, 1.165) is 37.1 Å². The van der Waals surface area contributed by atoms with Gasteiger partial charge in [-0.2, -0.15) is 0 Å². The van der Waals surface area contributed by atoms with Crippen LogP contribution >= 0.6 is 0 Å². The molecule has 1 saturated carbocycles. The summed E-state index contributed by atoms with van der Waals surface area (Å²) in [7, 11) is -3.63. The maximum absolute atomic E-state index is 13.2. The van der Waals surface area contributed by atoms with Crippen molar-refractivity contribution in [2.45, 2.75) is 42.7 Å². The minimum absolute atomic E-state index is 0.0224. The van der Waals surface area contributed by atoms with Gasteiger partial charge in [0, 0.05) is 18.2 Å². The average Bonchev–Trinajstić information content (AvgIpc) is 2.82. The van der Waals surface area contributed by atoms with Crippen molar-refractivity contribution in [2.75, 3.05) is 5.32 Å². The summed E-state index contributed by atoms with van der Waals surface area (Å²) >= 11 is 0. The van der Waals surface area contributed by atoms with E-state index in [0.29, 0.717) is 5.69 Å². The van der Waals surface area contributed by atoms with Gasteiger partial charge in [-0.15, -0.1) is 0 Å². The third-order valence-corrected chi connectivity index (χ3v) is 7.26. The lowest BCUT2D eigenvalue weighted by Crippen LogP contribution is -2.45. The highest BCUT2D eigenvalue weighted by Gasteiger charge is 2.25. The van der Waals surface area contributed by atoms with Crippen molar-refractivity contribution in [3.8, 4) is 0 Å². The van der Waals surface area contributed by atoms with E-state index < -0.39 is 33.7 Å². The zero-order valence-corrected chi connectivity index (χ0v) is 19.6. The van der Waals surface area contributed by atoms with Crippen molar-refractivity contribution < 1.29 is 22.4 Å². The van der Waals surface area contributed by atoms with Crippen LogP contribution in [0.5, 0.6) is 0 Å². The molecule has 8 nitrogen and oxygen atoms in total. The number of hydrogen-bond donors (Lipinski definition) is 3. The number of sulfonamides is 1. The number of hydrogen-bond acceptors (Lipinski definition) is 5. The lowest BCUT2D eigenvalue weighted by molar-refractivity contribution is -0.118. The number of anilines is 1. The molecule has 1 aliphatic carbocycles. The zero-order valence-electron chi connectivity index (χ0n) is 18.8. The standard InChI is InChI=1S/C25H25FN4O4S/c26-18-9-14-22(27-16-18)24(31)29-23(15-17-5-2-1-3-6-17)25(32)28-19-10-12-21(13-11-19)35(33,34)30-20-7-4-8-20/h1-3,5-6,9-14,16,20,23,30H,4,7-8,15H2,(H,28,32)(H,29,31)/t23-/m0/s1. The van der Waals surface area contributed by atoms with Crippen LogP contribution in [0.4, 0.5) is 10.1 Å². The molecule has 35 heavy (non-hydrogen) atoms. The van der Waals surface area contributed by atoms with E-state index in [4.69, 9.17) is 0 Å². The molecule has 10 heteroatoms. The molecule has 1 aromatic heterocycles. The Labute approximate surface area is 203 Å². The molecule has 0 radical (unpaired) electrons. The van der Waals surface area contributed by atoms with Crippen molar-refractivity contribution in [1.82, 2.24) is 15.0 Å². The lowest BCUT2D eigenvalue weighted by atomic mass is 9.94. The highest BCUT2D eigenvalue weighted by molar-refractivity contribution is 7.89. The normalized spacial score (nSPS) is 14.5. The molecule has 4 rings (SSSR count). The van der Waals surface area contributed by atoms with Crippen LogP contribution in [0.15, 0.2) is 77.8 Å². The summed E-state index contributed by atoms with van der Waals surface area (Å²) in [5.74, 6) is -1.69. The monoisotopic (exact) mass is 496 g/mol. The summed E-state index contributed by atoms with van der Waals surface area (Å²) < 4.78 is 40.8. The fraction of sp³-hybridized carbons (Fsp3) is 0.240. The van der Waals surface area contributed by atoms with Crippen LogP contribution in [-0.4, -0.2) is 37.3 Å². The molecule has 1 atom stereocenters. The van der Waals surface area contributed by atoms with Gasteiger partial charge in [0.25, 0.3) is 5.91 Å². The summed E-state index contributed by atoms with van der Waals surface area (Å²) in [5.41, 5.74) is 1.18. The third-order valence-electron chi connectivity index (χ3n) is 5.72. The predicted molar refractivity (Wildman–Crippen MR) is 129 cm³/mol. The van der Waals surface area contributed by atoms with Crippen LogP contribution in [0.3, 0.4) is 0 Å². The Balaban J connectivity index is 1.47. The number of carbonyl (C=O) groups is 2. The number of aromatic nitrogens is 1. The number of rotatable bonds is 9. The molecular weight excluding hydrogens is 471 g/mol. The van der Waals surface area contributed by atoms with Gasteiger partial charge < -0.3 is 10.6 Å². The summed E-state index contributed by atoms with van der Waals surface area (Å²) in [5, 5.41) is 5.37. The van der Waals surface area contributed by atoms with Crippen LogP contribution in [0, 0.1) is 5.82 Å². The molecule has 0 saturated heterocycles. The molecule has 1 fully saturated rings. The van der Waals surface area contributed by atoms with Crippen LogP contribution in [0.25, 0.3) is 0 Å². The topological polar surface area (TPSA) is 117 Å². The molecular formula is C25H25FN4O4S. The Bertz CT molecular complexity index is 1280. The van der Waals surface area contributed by atoms with Crippen molar-refractivity contribution in [3.05, 3.63) is 90.0 Å². The number of carbonyl (C=O) groups excluding carboxylic acids is 2. The smallest absolute Gasteiger partial charge is 0.270 e. The average molecular weight is 497 g/mol. The van der Waals surface area contributed by atoms with Gasteiger partial charge in [0.05, 0.1) is 11.1 Å². The van der Waals surface area contributed by atoms with Crippen molar-refractivity contribution in [3.63, 3.8) is 0 Å². The first-order valence-corrected chi connectivity index (χ1v) is 12.7. The molecule has 1 heterocycles. The van der Waals surface area contributed by atoms with Crippen molar-refractivity contribution in [2.24, 2.45) is 0 Å². The molecule has 182 valence electrons. The molecule has 3 aromatic rings. The zero-order chi connectivity index (χ0) is 24.8. The molecule has 0 aliphatic heterocycles. The number of nitrogens with one attached hydrogen (secondary N) is 3. The second-order valence-corrected chi connectivity index (χ2v) is 10.1.